The lowest BCUT2D eigenvalue weighted by molar-refractivity contribution is 0.00495. The molecule has 4 heteroatoms. The lowest BCUT2D eigenvalue weighted by Crippen LogP contribution is -2.40. The molecule has 0 spiro atoms. The van der Waals surface area contributed by atoms with Crippen molar-refractivity contribution < 1.29 is 9.84 Å². The van der Waals surface area contributed by atoms with Gasteiger partial charge in [-0.1, -0.05) is 6.92 Å². The zero-order valence-electron chi connectivity index (χ0n) is 11.1. The van der Waals surface area contributed by atoms with E-state index >= 15 is 0 Å². The fourth-order valence-electron chi connectivity index (χ4n) is 2.34. The second-order valence-corrected chi connectivity index (χ2v) is 5.34. The van der Waals surface area contributed by atoms with Gasteiger partial charge in [0.05, 0.1) is 18.9 Å². The highest BCUT2D eigenvalue weighted by molar-refractivity contribution is 5.37. The number of nitrogens with one attached hydrogen (secondary N) is 1. The number of nitrogens with zero attached hydrogens (tertiary/aromatic N) is 1. The molecule has 1 aliphatic rings. The van der Waals surface area contributed by atoms with E-state index in [-0.39, 0.29) is 0 Å². The van der Waals surface area contributed by atoms with Crippen molar-refractivity contribution in [2.75, 3.05) is 19.0 Å². The van der Waals surface area contributed by atoms with Gasteiger partial charge in [0.25, 0.3) is 0 Å². The van der Waals surface area contributed by atoms with Crippen LogP contribution in [0, 0.1) is 5.92 Å². The Bertz CT molecular complexity index is 370. The summed E-state index contributed by atoms with van der Waals surface area (Å²) in [6, 6.07) is 3.73. The van der Waals surface area contributed by atoms with E-state index < -0.39 is 5.60 Å². The van der Waals surface area contributed by atoms with E-state index in [9.17, 15) is 5.11 Å². The number of rotatable bonds is 4. The topological polar surface area (TPSA) is 54.4 Å². The van der Waals surface area contributed by atoms with Crippen molar-refractivity contribution in [1.82, 2.24) is 4.98 Å². The fraction of sp³-hybridized carbons (Fsp3) is 0.643. The molecule has 2 N–H and O–H groups in total. The van der Waals surface area contributed by atoms with Gasteiger partial charge in [0.1, 0.15) is 11.6 Å². The molecule has 0 amide bonds. The van der Waals surface area contributed by atoms with Gasteiger partial charge in [0.15, 0.2) is 0 Å². The van der Waals surface area contributed by atoms with Crippen molar-refractivity contribution >= 4 is 5.82 Å². The smallest absolute Gasteiger partial charge is 0.137 e. The van der Waals surface area contributed by atoms with Crippen molar-refractivity contribution in [1.29, 1.82) is 0 Å². The molecule has 4 nitrogen and oxygen atoms in total. The Morgan fingerprint density at radius 2 is 2.17 bits per heavy atom. The zero-order valence-corrected chi connectivity index (χ0v) is 11.1. The second kappa shape index (κ2) is 5.57. The predicted molar refractivity (Wildman–Crippen MR) is 71.9 cm³/mol. The Hall–Kier alpha value is -1.29. The third-order valence-corrected chi connectivity index (χ3v) is 3.78. The molecule has 1 saturated carbocycles. The van der Waals surface area contributed by atoms with Crippen LogP contribution in [0.4, 0.5) is 5.82 Å². The SMILES string of the molecule is COc1ccc(NCC2(O)CCC(C)CC2)nc1. The van der Waals surface area contributed by atoms with E-state index in [1.54, 1.807) is 13.3 Å². The molecule has 0 bridgehead atoms. The number of anilines is 1. The van der Waals surface area contributed by atoms with Crippen LogP contribution in [0.3, 0.4) is 0 Å². The summed E-state index contributed by atoms with van der Waals surface area (Å²) in [5.41, 5.74) is -0.575. The summed E-state index contributed by atoms with van der Waals surface area (Å²) in [6.45, 7) is 2.82. The molecule has 0 unspecified atom stereocenters. The quantitative estimate of drug-likeness (QED) is 0.862. The molecule has 2 rings (SSSR count). The first-order valence-corrected chi connectivity index (χ1v) is 6.58. The maximum Gasteiger partial charge on any atom is 0.137 e. The van der Waals surface area contributed by atoms with E-state index in [0.717, 1.165) is 43.2 Å². The Kier molecular flexibility index (Phi) is 4.07. The van der Waals surface area contributed by atoms with Gasteiger partial charge in [-0.25, -0.2) is 4.98 Å². The van der Waals surface area contributed by atoms with E-state index in [4.69, 9.17) is 4.74 Å². The molecule has 0 aromatic carbocycles. The van der Waals surface area contributed by atoms with Gasteiger partial charge in [-0.3, -0.25) is 0 Å². The molecule has 0 saturated heterocycles. The summed E-state index contributed by atoms with van der Waals surface area (Å²) in [5.74, 6) is 2.26. The van der Waals surface area contributed by atoms with E-state index in [0.29, 0.717) is 6.54 Å². The minimum atomic E-state index is -0.575. The van der Waals surface area contributed by atoms with Gasteiger partial charge < -0.3 is 15.2 Å². The molecular formula is C14H22N2O2. The van der Waals surface area contributed by atoms with E-state index in [1.165, 1.54) is 0 Å². The lowest BCUT2D eigenvalue weighted by atomic mass is 9.79. The summed E-state index contributed by atoms with van der Waals surface area (Å²) >= 11 is 0. The summed E-state index contributed by atoms with van der Waals surface area (Å²) in [4.78, 5) is 4.23. The first-order chi connectivity index (χ1) is 8.61. The van der Waals surface area contributed by atoms with Crippen LogP contribution in [0.2, 0.25) is 0 Å². The van der Waals surface area contributed by atoms with Crippen molar-refractivity contribution in [3.63, 3.8) is 0 Å². The highest BCUT2D eigenvalue weighted by Crippen LogP contribution is 2.31. The van der Waals surface area contributed by atoms with E-state index in [2.05, 4.69) is 17.2 Å². The first kappa shape index (κ1) is 13.1. The lowest BCUT2D eigenvalue weighted by Gasteiger charge is -2.35. The Labute approximate surface area is 108 Å². The van der Waals surface area contributed by atoms with Crippen LogP contribution in [-0.4, -0.2) is 29.3 Å². The number of ether oxygens (including phenoxy) is 1. The second-order valence-electron chi connectivity index (χ2n) is 5.34. The average molecular weight is 250 g/mol. The van der Waals surface area contributed by atoms with Crippen LogP contribution in [0.15, 0.2) is 18.3 Å². The average Bonchev–Trinajstić information content (AvgIpc) is 2.41. The Balaban J connectivity index is 1.86. The normalized spacial score (nSPS) is 27.8. The molecular weight excluding hydrogens is 228 g/mol. The highest BCUT2D eigenvalue weighted by atomic mass is 16.5. The third kappa shape index (κ3) is 3.35. The van der Waals surface area contributed by atoms with Crippen LogP contribution >= 0.6 is 0 Å². The molecule has 1 heterocycles. The number of aromatic nitrogens is 1. The van der Waals surface area contributed by atoms with Gasteiger partial charge >= 0.3 is 0 Å². The molecule has 18 heavy (non-hydrogen) atoms. The zero-order chi connectivity index (χ0) is 13.0. The van der Waals surface area contributed by atoms with Crippen molar-refractivity contribution in [3.05, 3.63) is 18.3 Å². The molecule has 1 aromatic heterocycles. The number of pyridine rings is 1. The van der Waals surface area contributed by atoms with E-state index in [1.807, 2.05) is 12.1 Å². The third-order valence-electron chi connectivity index (χ3n) is 3.78. The van der Waals surface area contributed by atoms with Crippen LogP contribution in [-0.2, 0) is 0 Å². The van der Waals surface area contributed by atoms with Crippen LogP contribution in [0.25, 0.3) is 0 Å². The summed E-state index contributed by atoms with van der Waals surface area (Å²) in [6.07, 6.45) is 5.63. The molecule has 0 radical (unpaired) electrons. The molecule has 1 aromatic rings. The first-order valence-electron chi connectivity index (χ1n) is 6.58. The van der Waals surface area contributed by atoms with Crippen LogP contribution in [0.5, 0.6) is 5.75 Å². The molecule has 1 fully saturated rings. The number of hydrogen-bond acceptors (Lipinski definition) is 4. The molecule has 100 valence electrons. The van der Waals surface area contributed by atoms with Crippen molar-refractivity contribution in [3.8, 4) is 5.75 Å². The van der Waals surface area contributed by atoms with Gasteiger partial charge in [-0.05, 0) is 43.7 Å². The minimum absolute atomic E-state index is 0.569. The highest BCUT2D eigenvalue weighted by Gasteiger charge is 2.31. The monoisotopic (exact) mass is 250 g/mol. The molecule has 0 aliphatic heterocycles. The Morgan fingerprint density at radius 3 is 2.72 bits per heavy atom. The van der Waals surface area contributed by atoms with Gasteiger partial charge in [-0.15, -0.1) is 0 Å². The van der Waals surface area contributed by atoms with Gasteiger partial charge in [0, 0.05) is 6.54 Å². The van der Waals surface area contributed by atoms with Gasteiger partial charge in [0.2, 0.25) is 0 Å². The van der Waals surface area contributed by atoms with Gasteiger partial charge in [-0.2, -0.15) is 0 Å². The Morgan fingerprint density at radius 1 is 1.44 bits per heavy atom. The maximum absolute atomic E-state index is 10.4. The summed E-state index contributed by atoms with van der Waals surface area (Å²) in [7, 11) is 1.62. The predicted octanol–water partition coefficient (Wildman–Crippen LogP) is 2.44. The molecule has 0 atom stereocenters. The number of hydrogen-bond donors (Lipinski definition) is 2. The number of methoxy groups -OCH3 is 1. The van der Waals surface area contributed by atoms with Crippen molar-refractivity contribution in [2.24, 2.45) is 5.92 Å². The van der Waals surface area contributed by atoms with Crippen molar-refractivity contribution in [2.45, 2.75) is 38.2 Å². The maximum atomic E-state index is 10.4. The largest absolute Gasteiger partial charge is 0.495 e. The summed E-state index contributed by atoms with van der Waals surface area (Å²) < 4.78 is 5.06. The number of aliphatic hydroxyl groups is 1. The molecule has 1 aliphatic carbocycles. The summed E-state index contributed by atoms with van der Waals surface area (Å²) in [5, 5.41) is 13.6. The fourth-order valence-corrected chi connectivity index (χ4v) is 2.34. The van der Waals surface area contributed by atoms with Crippen LogP contribution < -0.4 is 10.1 Å². The minimum Gasteiger partial charge on any atom is -0.495 e. The van der Waals surface area contributed by atoms with Crippen LogP contribution in [0.1, 0.15) is 32.6 Å². The standard InChI is InChI=1S/C14H22N2O2/c1-11-5-7-14(17,8-6-11)10-16-13-4-3-12(18-2)9-15-13/h3-4,9,11,17H,5-8,10H2,1-2H3,(H,15,16).